The van der Waals surface area contributed by atoms with Gasteiger partial charge in [0.15, 0.2) is 0 Å². The van der Waals surface area contributed by atoms with Gasteiger partial charge in [0, 0.05) is 5.75 Å². The molecule has 2 fully saturated rings. The number of nitrogens with one attached hydrogen (secondary N) is 2. The molecule has 1 atom stereocenters. The third kappa shape index (κ3) is 3.00. The molecule has 2 saturated heterocycles. The number of carbonyl (C=O) groups is 3. The summed E-state index contributed by atoms with van der Waals surface area (Å²) in [5.74, 6) is 0.486. The number of nitrogens with zero attached hydrogens (tertiary/aromatic N) is 1. The van der Waals surface area contributed by atoms with E-state index in [-0.39, 0.29) is 17.5 Å². The zero-order valence-corrected chi connectivity index (χ0v) is 14.2. The minimum atomic E-state index is -0.851. The van der Waals surface area contributed by atoms with Crippen molar-refractivity contribution in [1.29, 1.82) is 0 Å². The first-order valence-electron chi connectivity index (χ1n) is 6.89. The molecule has 6 nitrogen and oxygen atoms in total. The molecule has 1 spiro atoms. The Kier molecular flexibility index (Phi) is 4.44. The van der Waals surface area contributed by atoms with Gasteiger partial charge in [0.1, 0.15) is 12.1 Å². The topological polar surface area (TPSA) is 78.5 Å². The van der Waals surface area contributed by atoms with E-state index in [1.807, 2.05) is 0 Å². The van der Waals surface area contributed by atoms with Crippen LogP contribution in [0, 0.1) is 0 Å². The Morgan fingerprint density at radius 1 is 1.39 bits per heavy atom. The molecule has 1 unspecified atom stereocenters. The number of thioether (sulfide) groups is 1. The number of imide groups is 1. The van der Waals surface area contributed by atoms with Gasteiger partial charge in [-0.3, -0.25) is 14.5 Å². The molecular formula is C14H13Cl2N3O3S. The molecule has 0 aromatic heterocycles. The van der Waals surface area contributed by atoms with Gasteiger partial charge in [-0.15, -0.1) is 0 Å². The van der Waals surface area contributed by atoms with E-state index in [1.165, 1.54) is 0 Å². The first-order chi connectivity index (χ1) is 10.9. The number of amides is 4. The maximum atomic E-state index is 12.5. The Morgan fingerprint density at radius 3 is 2.87 bits per heavy atom. The zero-order valence-electron chi connectivity index (χ0n) is 11.9. The highest BCUT2D eigenvalue weighted by atomic mass is 35.5. The van der Waals surface area contributed by atoms with Crippen LogP contribution in [0.15, 0.2) is 18.2 Å². The predicted octanol–water partition coefficient (Wildman–Crippen LogP) is 2.36. The van der Waals surface area contributed by atoms with Crippen molar-refractivity contribution in [3.63, 3.8) is 0 Å². The second-order valence-electron chi connectivity index (χ2n) is 5.36. The van der Waals surface area contributed by atoms with E-state index in [4.69, 9.17) is 23.2 Å². The molecule has 0 bridgehead atoms. The van der Waals surface area contributed by atoms with Crippen LogP contribution in [0.3, 0.4) is 0 Å². The SMILES string of the molecule is O=C(CN1C(=O)NC2(CCSC2)C1=O)Nc1cccc(Cl)c1Cl. The van der Waals surface area contributed by atoms with Gasteiger partial charge in [0.2, 0.25) is 5.91 Å². The molecule has 4 amide bonds. The van der Waals surface area contributed by atoms with Crippen molar-refractivity contribution in [3.05, 3.63) is 28.2 Å². The first kappa shape index (κ1) is 16.4. The monoisotopic (exact) mass is 373 g/mol. The molecule has 2 N–H and O–H groups in total. The Labute approximate surface area is 146 Å². The van der Waals surface area contributed by atoms with E-state index in [1.54, 1.807) is 30.0 Å². The number of anilines is 1. The van der Waals surface area contributed by atoms with Crippen molar-refractivity contribution in [2.24, 2.45) is 0 Å². The van der Waals surface area contributed by atoms with Crippen LogP contribution in [0.2, 0.25) is 10.0 Å². The van der Waals surface area contributed by atoms with Gasteiger partial charge < -0.3 is 10.6 Å². The minimum Gasteiger partial charge on any atom is -0.323 e. The van der Waals surface area contributed by atoms with Crippen LogP contribution in [0.1, 0.15) is 6.42 Å². The molecule has 23 heavy (non-hydrogen) atoms. The minimum absolute atomic E-state index is 0.211. The molecule has 1 aromatic carbocycles. The van der Waals surface area contributed by atoms with Gasteiger partial charge >= 0.3 is 6.03 Å². The fourth-order valence-electron chi connectivity index (χ4n) is 2.59. The maximum Gasteiger partial charge on any atom is 0.325 e. The summed E-state index contributed by atoms with van der Waals surface area (Å²) in [5, 5.41) is 5.79. The molecule has 0 radical (unpaired) electrons. The van der Waals surface area contributed by atoms with Gasteiger partial charge in [0.25, 0.3) is 5.91 Å². The van der Waals surface area contributed by atoms with E-state index in [9.17, 15) is 14.4 Å². The van der Waals surface area contributed by atoms with Crippen LogP contribution in [-0.2, 0) is 9.59 Å². The zero-order chi connectivity index (χ0) is 16.6. The molecule has 1 aromatic rings. The molecule has 0 aliphatic carbocycles. The summed E-state index contributed by atoms with van der Waals surface area (Å²) < 4.78 is 0. The average molecular weight is 374 g/mol. The fourth-order valence-corrected chi connectivity index (χ4v) is 4.26. The van der Waals surface area contributed by atoms with Gasteiger partial charge in [-0.05, 0) is 24.3 Å². The van der Waals surface area contributed by atoms with E-state index < -0.39 is 17.5 Å². The van der Waals surface area contributed by atoms with Crippen molar-refractivity contribution >= 4 is 58.5 Å². The first-order valence-corrected chi connectivity index (χ1v) is 8.80. The lowest BCUT2D eigenvalue weighted by Gasteiger charge is -2.19. The Morgan fingerprint density at radius 2 is 2.17 bits per heavy atom. The van der Waals surface area contributed by atoms with Crippen LogP contribution in [0.5, 0.6) is 0 Å². The summed E-state index contributed by atoms with van der Waals surface area (Å²) in [4.78, 5) is 37.5. The number of hydrogen-bond acceptors (Lipinski definition) is 4. The molecule has 2 aliphatic heterocycles. The molecule has 9 heteroatoms. The summed E-state index contributed by atoms with van der Waals surface area (Å²) in [7, 11) is 0. The van der Waals surface area contributed by atoms with Crippen molar-refractivity contribution < 1.29 is 14.4 Å². The van der Waals surface area contributed by atoms with Crippen LogP contribution in [-0.4, -0.2) is 46.3 Å². The van der Waals surface area contributed by atoms with Crippen LogP contribution >= 0.6 is 35.0 Å². The summed E-state index contributed by atoms with van der Waals surface area (Å²) >= 11 is 13.5. The van der Waals surface area contributed by atoms with Gasteiger partial charge in [-0.1, -0.05) is 29.3 Å². The summed E-state index contributed by atoms with van der Waals surface area (Å²) in [6.45, 7) is -0.361. The van der Waals surface area contributed by atoms with Crippen LogP contribution in [0.25, 0.3) is 0 Å². The Bertz CT molecular complexity index is 692. The molecular weight excluding hydrogens is 361 g/mol. The molecule has 122 valence electrons. The highest BCUT2D eigenvalue weighted by Crippen LogP contribution is 2.33. The van der Waals surface area contributed by atoms with Crippen LogP contribution in [0.4, 0.5) is 10.5 Å². The van der Waals surface area contributed by atoms with E-state index >= 15 is 0 Å². The van der Waals surface area contributed by atoms with Gasteiger partial charge in [-0.2, -0.15) is 11.8 Å². The van der Waals surface area contributed by atoms with Gasteiger partial charge in [-0.25, -0.2) is 4.79 Å². The lowest BCUT2D eigenvalue weighted by Crippen LogP contribution is -2.47. The van der Waals surface area contributed by atoms with E-state index in [0.717, 1.165) is 10.7 Å². The molecule has 2 aliphatic rings. The second kappa shape index (κ2) is 6.22. The number of benzene rings is 1. The predicted molar refractivity (Wildman–Crippen MR) is 90.0 cm³/mol. The number of carbonyl (C=O) groups excluding carboxylic acids is 3. The second-order valence-corrected chi connectivity index (χ2v) is 7.25. The van der Waals surface area contributed by atoms with Gasteiger partial charge in [0.05, 0.1) is 15.7 Å². The average Bonchev–Trinajstić information content (AvgIpc) is 3.06. The highest BCUT2D eigenvalue weighted by Gasteiger charge is 2.53. The maximum absolute atomic E-state index is 12.5. The third-order valence-electron chi connectivity index (χ3n) is 3.79. The third-order valence-corrected chi connectivity index (χ3v) is 5.80. The molecule has 3 rings (SSSR count). The lowest BCUT2D eigenvalue weighted by molar-refractivity contribution is -0.133. The summed E-state index contributed by atoms with van der Waals surface area (Å²) in [6, 6.07) is 4.29. The number of rotatable bonds is 3. The van der Waals surface area contributed by atoms with E-state index in [2.05, 4.69) is 10.6 Å². The molecule has 0 saturated carbocycles. The number of halogens is 2. The lowest BCUT2D eigenvalue weighted by atomic mass is 9.99. The van der Waals surface area contributed by atoms with Crippen molar-refractivity contribution in [2.45, 2.75) is 12.0 Å². The quantitative estimate of drug-likeness (QED) is 0.797. The normalized spacial score (nSPS) is 23.5. The number of urea groups is 1. The summed E-state index contributed by atoms with van der Waals surface area (Å²) in [6.07, 6.45) is 0.584. The largest absolute Gasteiger partial charge is 0.325 e. The van der Waals surface area contributed by atoms with E-state index in [0.29, 0.717) is 22.9 Å². The summed E-state index contributed by atoms with van der Waals surface area (Å²) in [5.41, 5.74) is -0.516. The Balaban J connectivity index is 1.69. The van der Waals surface area contributed by atoms with Crippen molar-refractivity contribution in [1.82, 2.24) is 10.2 Å². The number of hydrogen-bond donors (Lipinski definition) is 2. The van der Waals surface area contributed by atoms with Crippen LogP contribution < -0.4 is 10.6 Å². The molecule has 2 heterocycles. The Hall–Kier alpha value is -1.44. The van der Waals surface area contributed by atoms with Crippen molar-refractivity contribution in [3.8, 4) is 0 Å². The smallest absolute Gasteiger partial charge is 0.323 e. The fraction of sp³-hybridized carbons (Fsp3) is 0.357. The van der Waals surface area contributed by atoms with Crippen molar-refractivity contribution in [2.75, 3.05) is 23.4 Å². The highest BCUT2D eigenvalue weighted by molar-refractivity contribution is 7.99. The standard InChI is InChI=1S/C14H13Cl2N3O3S/c15-8-2-1-3-9(11(8)16)17-10(20)6-19-12(21)14(18-13(19)22)4-5-23-7-14/h1-3H,4-7H2,(H,17,20)(H,18,22).